The molecule has 11 rings (SSSR count). The molecule has 0 fully saturated rings. The van der Waals surface area contributed by atoms with Crippen molar-refractivity contribution in [1.82, 2.24) is 0 Å². The second-order valence-corrected chi connectivity index (χ2v) is 24.1. The Labute approximate surface area is 443 Å². The molecule has 1 aliphatic rings. The van der Waals surface area contributed by atoms with Crippen LogP contribution in [0.1, 0.15) is 44.5 Å². The predicted octanol–water partition coefficient (Wildman–Crippen LogP) is 14.4. The van der Waals surface area contributed by atoms with Crippen LogP contribution < -0.4 is 9.47 Å². The monoisotopic (exact) mass is 1060 g/mol. The lowest BCUT2D eigenvalue weighted by molar-refractivity contribution is 0.481. The van der Waals surface area contributed by atoms with E-state index < -0.39 is 35.2 Å². The Morgan fingerprint density at radius 3 is 1.16 bits per heavy atom. The highest BCUT2D eigenvalue weighted by Gasteiger charge is 2.46. The molecule has 0 radical (unpaired) electrons. The topological polar surface area (TPSA) is 141 Å². The lowest BCUT2D eigenvalue weighted by atomic mass is 9.68. The van der Waals surface area contributed by atoms with E-state index in [9.17, 15) is 29.8 Å². The van der Waals surface area contributed by atoms with Crippen LogP contribution in [0.3, 0.4) is 0 Å². The van der Waals surface area contributed by atoms with E-state index in [-0.39, 0.29) is 24.5 Å². The number of hydrogen-bond donors (Lipinski definition) is 1. The third-order valence-corrected chi connectivity index (χ3v) is 18.4. The lowest BCUT2D eigenvalue weighted by Crippen LogP contribution is -2.28. The molecule has 1 aliphatic carbocycles. The first-order valence-corrected chi connectivity index (χ1v) is 28.8. The second kappa shape index (κ2) is 19.7. The van der Waals surface area contributed by atoms with Crippen LogP contribution in [0.25, 0.3) is 22.3 Å². The molecule has 0 atom stereocenters. The van der Waals surface area contributed by atoms with Crippen LogP contribution in [-0.2, 0) is 41.6 Å². The fourth-order valence-corrected chi connectivity index (χ4v) is 13.4. The van der Waals surface area contributed by atoms with Gasteiger partial charge in [-0.1, -0.05) is 145 Å². The van der Waals surface area contributed by atoms with Crippen molar-refractivity contribution in [3.8, 4) is 45.3 Å². The smallest absolute Gasteiger partial charge is 0.295 e. The van der Waals surface area contributed by atoms with Gasteiger partial charge in [0.25, 0.3) is 10.1 Å². The minimum Gasteiger partial charge on any atom is -0.457 e. The summed E-state index contributed by atoms with van der Waals surface area (Å²) in [6.45, 7) is 3.84. The summed E-state index contributed by atoms with van der Waals surface area (Å²) in [5.41, 5.74) is 10.2. The van der Waals surface area contributed by atoms with Crippen LogP contribution in [-0.4, -0.2) is 29.8 Å². The molecule has 0 amide bonds. The quantitative estimate of drug-likeness (QED) is 0.105. The van der Waals surface area contributed by atoms with Gasteiger partial charge in [-0.3, -0.25) is 4.55 Å². The highest BCUT2D eigenvalue weighted by molar-refractivity contribution is 7.91. The Morgan fingerprint density at radius 2 is 0.737 bits per heavy atom. The number of aryl methyl sites for hydroxylation is 2. The molecule has 10 aromatic carbocycles. The minimum absolute atomic E-state index is 0.0894. The fourth-order valence-electron chi connectivity index (χ4n) is 10.1. The van der Waals surface area contributed by atoms with Crippen LogP contribution in [0, 0.1) is 13.8 Å². The molecule has 10 aromatic rings. The zero-order chi connectivity index (χ0) is 52.8. The maximum atomic E-state index is 13.8. The SMILES string of the molecule is Cc1ccc(-c2ccc(Cc3ccc(S(=O)(=O)c4ccc(Oc5ccc(C6(c7ccc(Oc8ccc(S(=O)(=O)c9ccc(C)cc9)cc8)cc7)c7ccccc7-c7ccccc76)cc5)cc4)cc3)cc2S(=O)(=O)O)cc1. The standard InChI is InChI=1S/C64H48O9S3/c1-43-11-18-47(19-12-43)58-40-17-46(42-63(58)76(69,70)71)41-45-15-34-55(35-16-45)75(67,68)57-38-30-53(31-39-57)73-51-26-22-49(23-27-51)64(61-9-5-3-7-59(61)60-8-4-6-10-62(60)64)48-20-24-50(25-21-48)72-52-28-36-56(37-29-52)74(65,66)54-32-13-44(2)14-33-54/h3-40,42H,41H2,1-2H3,(H,69,70,71). The molecule has 0 saturated heterocycles. The number of benzene rings is 10. The molecule has 0 aromatic heterocycles. The normalized spacial score (nSPS) is 12.9. The van der Waals surface area contributed by atoms with E-state index in [0.717, 1.165) is 50.1 Å². The first-order valence-electron chi connectivity index (χ1n) is 24.4. The molecule has 9 nitrogen and oxygen atoms in total. The third-order valence-electron chi connectivity index (χ3n) is 13.9. The molecule has 0 heterocycles. The van der Waals surface area contributed by atoms with Gasteiger partial charge < -0.3 is 9.47 Å². The van der Waals surface area contributed by atoms with E-state index in [1.54, 1.807) is 97.1 Å². The van der Waals surface area contributed by atoms with Gasteiger partial charge in [0.15, 0.2) is 0 Å². The predicted molar refractivity (Wildman–Crippen MR) is 295 cm³/mol. The number of rotatable bonds is 14. The average molecular weight is 1060 g/mol. The largest absolute Gasteiger partial charge is 0.457 e. The van der Waals surface area contributed by atoms with Gasteiger partial charge in [0.1, 0.15) is 27.9 Å². The summed E-state index contributed by atoms with van der Waals surface area (Å²) in [6.07, 6.45) is 0.306. The van der Waals surface area contributed by atoms with Gasteiger partial charge >= 0.3 is 0 Å². The first-order chi connectivity index (χ1) is 36.6. The summed E-state index contributed by atoms with van der Waals surface area (Å²) in [6, 6.07) is 70.9. The van der Waals surface area contributed by atoms with Crippen molar-refractivity contribution in [2.75, 3.05) is 0 Å². The second-order valence-electron chi connectivity index (χ2n) is 18.8. The number of hydrogen-bond acceptors (Lipinski definition) is 8. The molecule has 0 saturated carbocycles. The highest BCUT2D eigenvalue weighted by atomic mass is 32.2. The van der Waals surface area contributed by atoms with Gasteiger partial charge in [-0.05, 0) is 173 Å². The van der Waals surface area contributed by atoms with Crippen LogP contribution in [0.4, 0.5) is 0 Å². The summed E-state index contributed by atoms with van der Waals surface area (Å²) in [5.74, 6) is 2.08. The molecule has 0 spiro atoms. The molecule has 0 unspecified atom stereocenters. The summed E-state index contributed by atoms with van der Waals surface area (Å²) >= 11 is 0. The molecule has 0 aliphatic heterocycles. The Kier molecular flexibility index (Phi) is 12.9. The van der Waals surface area contributed by atoms with E-state index in [0.29, 0.717) is 46.1 Å². The number of fused-ring (bicyclic) bond motifs is 3. The van der Waals surface area contributed by atoms with Crippen LogP contribution >= 0.6 is 0 Å². The molecule has 1 N–H and O–H groups in total. The number of ether oxygens (including phenoxy) is 2. The van der Waals surface area contributed by atoms with E-state index in [1.165, 1.54) is 30.3 Å². The summed E-state index contributed by atoms with van der Waals surface area (Å²) in [4.78, 5) is 0.400. The van der Waals surface area contributed by atoms with E-state index in [4.69, 9.17) is 9.47 Å². The van der Waals surface area contributed by atoms with Gasteiger partial charge in [-0.15, -0.1) is 0 Å². The maximum Gasteiger partial charge on any atom is 0.295 e. The molecular weight excluding hydrogens is 1010 g/mol. The Balaban J connectivity index is 0.809. The zero-order valence-electron chi connectivity index (χ0n) is 41.2. The molecule has 12 heteroatoms. The van der Waals surface area contributed by atoms with Crippen LogP contribution in [0.5, 0.6) is 23.0 Å². The summed E-state index contributed by atoms with van der Waals surface area (Å²) < 4.78 is 102. The molecule has 0 bridgehead atoms. The third kappa shape index (κ3) is 9.41. The number of sulfone groups is 2. The van der Waals surface area contributed by atoms with Crippen LogP contribution in [0.2, 0.25) is 0 Å². The zero-order valence-corrected chi connectivity index (χ0v) is 43.6. The lowest BCUT2D eigenvalue weighted by Gasteiger charge is -2.34. The van der Waals surface area contributed by atoms with Crippen molar-refractivity contribution in [1.29, 1.82) is 0 Å². The fraction of sp³-hybridized carbons (Fsp3) is 0.0625. The van der Waals surface area contributed by atoms with Gasteiger partial charge in [-0.2, -0.15) is 8.42 Å². The van der Waals surface area contributed by atoms with Gasteiger partial charge in [0, 0.05) is 5.56 Å². The van der Waals surface area contributed by atoms with Gasteiger partial charge in [0.2, 0.25) is 19.7 Å². The van der Waals surface area contributed by atoms with Crippen molar-refractivity contribution in [3.05, 3.63) is 281 Å². The Bertz CT molecular complexity index is 4100. The van der Waals surface area contributed by atoms with Crippen molar-refractivity contribution < 1.29 is 39.3 Å². The van der Waals surface area contributed by atoms with Gasteiger partial charge in [-0.25, -0.2) is 16.8 Å². The van der Waals surface area contributed by atoms with Crippen molar-refractivity contribution in [2.24, 2.45) is 0 Å². The van der Waals surface area contributed by atoms with Crippen molar-refractivity contribution >= 4 is 29.8 Å². The molecule has 376 valence electrons. The van der Waals surface area contributed by atoms with E-state index >= 15 is 0 Å². The summed E-state index contributed by atoms with van der Waals surface area (Å²) in [5, 5.41) is 0. The highest BCUT2D eigenvalue weighted by Crippen LogP contribution is 2.56. The average Bonchev–Trinajstić information content (AvgIpc) is 3.80. The maximum absolute atomic E-state index is 13.8. The summed E-state index contributed by atoms with van der Waals surface area (Å²) in [7, 11) is -12.1. The minimum atomic E-state index is -4.54. The van der Waals surface area contributed by atoms with Crippen LogP contribution in [0.15, 0.2) is 261 Å². The van der Waals surface area contributed by atoms with Crippen molar-refractivity contribution in [2.45, 2.75) is 50.2 Å². The Morgan fingerprint density at radius 1 is 0.382 bits per heavy atom. The van der Waals surface area contributed by atoms with Crippen molar-refractivity contribution in [3.63, 3.8) is 0 Å². The first kappa shape index (κ1) is 49.8. The molecular formula is C64H48O9S3. The molecule has 76 heavy (non-hydrogen) atoms. The Hall–Kier alpha value is -8.39. The van der Waals surface area contributed by atoms with E-state index in [1.807, 2.05) is 62.4 Å². The van der Waals surface area contributed by atoms with Gasteiger partial charge in [0.05, 0.1) is 25.0 Å². The van der Waals surface area contributed by atoms with E-state index in [2.05, 4.69) is 60.7 Å².